The number of carbonyl (C=O) groups is 2. The summed E-state index contributed by atoms with van der Waals surface area (Å²) in [6.07, 6.45) is 3.46. The Kier molecular flexibility index (Phi) is 7.12. The molecule has 1 atom stereocenters. The van der Waals surface area contributed by atoms with Crippen molar-refractivity contribution in [2.24, 2.45) is 5.92 Å². The van der Waals surface area contributed by atoms with Gasteiger partial charge in [-0.25, -0.2) is 13.4 Å². The number of rotatable bonds is 6. The van der Waals surface area contributed by atoms with Crippen LogP contribution in [0.15, 0.2) is 59.5 Å². The first-order valence-corrected chi connectivity index (χ1v) is 14.1. The van der Waals surface area contributed by atoms with Gasteiger partial charge in [-0.3, -0.25) is 9.59 Å². The molecule has 1 aromatic heterocycles. The highest BCUT2D eigenvalue weighted by atomic mass is 32.2. The normalized spacial score (nSPS) is 18.6. The largest absolute Gasteiger partial charge is 0.356 e. The molecule has 2 aliphatic heterocycles. The second-order valence-corrected chi connectivity index (χ2v) is 11.6. The molecular weight excluding hydrogens is 490 g/mol. The van der Waals surface area contributed by atoms with Gasteiger partial charge in [-0.2, -0.15) is 4.31 Å². The van der Waals surface area contributed by atoms with E-state index in [1.807, 2.05) is 12.1 Å². The van der Waals surface area contributed by atoms with Crippen LogP contribution >= 0.6 is 0 Å². The number of pyridine rings is 1. The standard InChI is InChI=1S/C27H31N5O4S/c1-19(33)28-22-7-9-23(10-8-22)29-27(34)21-5-4-14-31(18-21)26-13-6-20-17-24(11-12-25(20)30-26)37(35,36)32-15-2-3-16-32/h6-13,17,21H,2-5,14-16,18H2,1H3,(H,28,33)(H,29,34). The second kappa shape index (κ2) is 10.5. The van der Waals surface area contributed by atoms with Crippen molar-refractivity contribution in [3.8, 4) is 0 Å². The average molecular weight is 522 g/mol. The second-order valence-electron chi connectivity index (χ2n) is 9.67. The van der Waals surface area contributed by atoms with Gasteiger partial charge in [-0.15, -0.1) is 0 Å². The van der Waals surface area contributed by atoms with E-state index in [2.05, 4.69) is 15.5 Å². The van der Waals surface area contributed by atoms with Crippen molar-refractivity contribution in [3.05, 3.63) is 54.6 Å². The first kappa shape index (κ1) is 25.2. The molecule has 9 nitrogen and oxygen atoms in total. The van der Waals surface area contributed by atoms with E-state index in [9.17, 15) is 18.0 Å². The van der Waals surface area contributed by atoms with Gasteiger partial charge in [0, 0.05) is 49.9 Å². The number of hydrogen-bond donors (Lipinski definition) is 2. The Morgan fingerprint density at radius 2 is 1.59 bits per heavy atom. The number of anilines is 3. The number of sulfonamides is 1. The molecule has 2 N–H and O–H groups in total. The highest BCUT2D eigenvalue weighted by Crippen LogP contribution is 2.28. The number of piperidine rings is 1. The molecular formula is C27H31N5O4S. The topological polar surface area (TPSA) is 112 Å². The molecule has 10 heteroatoms. The van der Waals surface area contributed by atoms with Crippen LogP contribution in [0.3, 0.4) is 0 Å². The molecule has 2 fully saturated rings. The van der Waals surface area contributed by atoms with E-state index >= 15 is 0 Å². The third-order valence-corrected chi connectivity index (χ3v) is 8.83. The summed E-state index contributed by atoms with van der Waals surface area (Å²) in [5.74, 6) is 0.400. The van der Waals surface area contributed by atoms with Gasteiger partial charge >= 0.3 is 0 Å². The smallest absolute Gasteiger partial charge is 0.243 e. The molecule has 0 spiro atoms. The third kappa shape index (κ3) is 5.60. The summed E-state index contributed by atoms with van der Waals surface area (Å²) in [4.78, 5) is 31.4. The predicted molar refractivity (Wildman–Crippen MR) is 144 cm³/mol. The van der Waals surface area contributed by atoms with Gasteiger partial charge in [0.25, 0.3) is 0 Å². The Morgan fingerprint density at radius 3 is 2.30 bits per heavy atom. The molecule has 5 rings (SSSR count). The lowest BCUT2D eigenvalue weighted by molar-refractivity contribution is -0.120. The van der Waals surface area contributed by atoms with Crippen LogP contribution in [0.2, 0.25) is 0 Å². The number of carbonyl (C=O) groups excluding carboxylic acids is 2. The Morgan fingerprint density at radius 1 is 0.892 bits per heavy atom. The number of nitrogens with one attached hydrogen (secondary N) is 2. The van der Waals surface area contributed by atoms with Gasteiger partial charge in [0.15, 0.2) is 0 Å². The minimum absolute atomic E-state index is 0.0467. The summed E-state index contributed by atoms with van der Waals surface area (Å²) in [7, 11) is -3.48. The monoisotopic (exact) mass is 521 g/mol. The molecule has 2 aliphatic rings. The molecule has 1 unspecified atom stereocenters. The molecule has 194 valence electrons. The van der Waals surface area contributed by atoms with Crippen LogP contribution in [0.25, 0.3) is 10.9 Å². The lowest BCUT2D eigenvalue weighted by atomic mass is 9.97. The van der Waals surface area contributed by atoms with Gasteiger partial charge in [0.05, 0.1) is 16.3 Å². The molecule has 3 aromatic rings. The van der Waals surface area contributed by atoms with Crippen molar-refractivity contribution < 1.29 is 18.0 Å². The van der Waals surface area contributed by atoms with Gasteiger partial charge < -0.3 is 15.5 Å². The number of hydrogen-bond acceptors (Lipinski definition) is 6. The van der Waals surface area contributed by atoms with E-state index in [0.717, 1.165) is 48.9 Å². The van der Waals surface area contributed by atoms with Crippen molar-refractivity contribution in [1.29, 1.82) is 0 Å². The van der Waals surface area contributed by atoms with Crippen molar-refractivity contribution in [1.82, 2.24) is 9.29 Å². The summed E-state index contributed by atoms with van der Waals surface area (Å²) in [5.41, 5.74) is 2.08. The fourth-order valence-corrected chi connectivity index (χ4v) is 6.54. The molecule has 0 bridgehead atoms. The molecule has 0 radical (unpaired) electrons. The Hall–Kier alpha value is -3.50. The van der Waals surface area contributed by atoms with Gasteiger partial charge in [-0.1, -0.05) is 0 Å². The maximum atomic E-state index is 13.0. The van der Waals surface area contributed by atoms with Gasteiger partial charge in [0.2, 0.25) is 21.8 Å². The maximum Gasteiger partial charge on any atom is 0.243 e. The van der Waals surface area contributed by atoms with Gasteiger partial charge in [-0.05, 0) is 80.3 Å². The van der Waals surface area contributed by atoms with E-state index in [1.54, 1.807) is 46.8 Å². The first-order valence-electron chi connectivity index (χ1n) is 12.6. The quantitative estimate of drug-likeness (QED) is 0.510. The molecule has 37 heavy (non-hydrogen) atoms. The summed E-state index contributed by atoms with van der Waals surface area (Å²) in [6.45, 7) is 3.95. The minimum Gasteiger partial charge on any atom is -0.356 e. The molecule has 2 saturated heterocycles. The van der Waals surface area contributed by atoms with E-state index in [-0.39, 0.29) is 17.7 Å². The molecule has 2 amide bonds. The van der Waals surface area contributed by atoms with Gasteiger partial charge in [0.1, 0.15) is 5.82 Å². The molecule has 3 heterocycles. The van der Waals surface area contributed by atoms with Crippen LogP contribution in [0, 0.1) is 5.92 Å². The van der Waals surface area contributed by atoms with Crippen LogP contribution in [-0.4, -0.2) is 55.7 Å². The van der Waals surface area contributed by atoms with Crippen LogP contribution in [-0.2, 0) is 19.6 Å². The van der Waals surface area contributed by atoms with Crippen LogP contribution in [0.1, 0.15) is 32.6 Å². The SMILES string of the molecule is CC(=O)Nc1ccc(NC(=O)C2CCCN(c3ccc4cc(S(=O)(=O)N5CCCC5)ccc4n3)C2)cc1. The van der Waals surface area contributed by atoms with Crippen LogP contribution in [0.5, 0.6) is 0 Å². The Balaban J connectivity index is 1.26. The van der Waals surface area contributed by atoms with E-state index in [0.29, 0.717) is 35.9 Å². The first-order chi connectivity index (χ1) is 17.8. The van der Waals surface area contributed by atoms with Crippen molar-refractivity contribution in [2.45, 2.75) is 37.5 Å². The fourth-order valence-electron chi connectivity index (χ4n) is 4.99. The van der Waals surface area contributed by atoms with Crippen molar-refractivity contribution >= 4 is 49.9 Å². The van der Waals surface area contributed by atoms with Crippen molar-refractivity contribution in [3.63, 3.8) is 0 Å². The predicted octanol–water partition coefficient (Wildman–Crippen LogP) is 3.83. The number of amides is 2. The average Bonchev–Trinajstić information content (AvgIpc) is 3.45. The summed E-state index contributed by atoms with van der Waals surface area (Å²) >= 11 is 0. The number of fused-ring (bicyclic) bond motifs is 1. The Bertz CT molecular complexity index is 1420. The summed E-state index contributed by atoms with van der Waals surface area (Å²) in [6, 6.07) is 16.0. The summed E-state index contributed by atoms with van der Waals surface area (Å²) in [5, 5.41) is 6.46. The molecule has 0 saturated carbocycles. The zero-order chi connectivity index (χ0) is 26.0. The number of aromatic nitrogens is 1. The fraction of sp³-hybridized carbons (Fsp3) is 0.370. The number of nitrogens with zero attached hydrogens (tertiary/aromatic N) is 3. The highest BCUT2D eigenvalue weighted by molar-refractivity contribution is 7.89. The molecule has 2 aromatic carbocycles. The summed E-state index contributed by atoms with van der Waals surface area (Å²) < 4.78 is 27.4. The maximum absolute atomic E-state index is 13.0. The lowest BCUT2D eigenvalue weighted by Crippen LogP contribution is -2.41. The van der Waals surface area contributed by atoms with Crippen molar-refractivity contribution in [2.75, 3.05) is 41.7 Å². The van der Waals surface area contributed by atoms with Crippen LogP contribution < -0.4 is 15.5 Å². The molecule has 0 aliphatic carbocycles. The minimum atomic E-state index is -3.48. The number of benzene rings is 2. The third-order valence-electron chi connectivity index (χ3n) is 6.94. The highest BCUT2D eigenvalue weighted by Gasteiger charge is 2.28. The Labute approximate surface area is 216 Å². The zero-order valence-electron chi connectivity index (χ0n) is 20.8. The lowest BCUT2D eigenvalue weighted by Gasteiger charge is -2.33. The van der Waals surface area contributed by atoms with E-state index in [1.165, 1.54) is 6.92 Å². The van der Waals surface area contributed by atoms with E-state index in [4.69, 9.17) is 4.98 Å². The van der Waals surface area contributed by atoms with E-state index < -0.39 is 10.0 Å². The zero-order valence-corrected chi connectivity index (χ0v) is 21.6. The van der Waals surface area contributed by atoms with Crippen LogP contribution in [0.4, 0.5) is 17.2 Å².